The Hall–Kier alpha value is -2.70. The summed E-state index contributed by atoms with van der Waals surface area (Å²) in [5.41, 5.74) is 2.33. The fourth-order valence-corrected chi connectivity index (χ4v) is 2.99. The lowest BCUT2D eigenvalue weighted by atomic mass is 9.96. The zero-order valence-electron chi connectivity index (χ0n) is 16.6. The topological polar surface area (TPSA) is 92.8 Å². The van der Waals surface area contributed by atoms with Gasteiger partial charge >= 0.3 is 12.0 Å². The number of urea groups is 1. The largest absolute Gasteiger partial charge is 0.453 e. The summed E-state index contributed by atoms with van der Waals surface area (Å²) in [6, 6.07) is 3.06. The number of amides is 3. The highest BCUT2D eigenvalue weighted by Gasteiger charge is 2.47. The molecule has 1 aliphatic rings. The number of Topliss-reactive ketones (excluding diaryl/α,β-unsaturated/α-hetero) is 1. The molecular weight excluding hydrogens is 348 g/mol. The maximum Gasteiger partial charge on any atom is 0.326 e. The molecule has 1 saturated heterocycles. The van der Waals surface area contributed by atoms with Crippen molar-refractivity contribution in [3.63, 3.8) is 0 Å². The first kappa shape index (κ1) is 20.6. The van der Waals surface area contributed by atoms with E-state index in [1.807, 2.05) is 26.8 Å². The normalized spacial score (nSPS) is 20.4. The Labute approximate surface area is 159 Å². The van der Waals surface area contributed by atoms with Crippen molar-refractivity contribution in [1.82, 2.24) is 10.2 Å². The summed E-state index contributed by atoms with van der Waals surface area (Å²) in [7, 11) is 0. The van der Waals surface area contributed by atoms with Gasteiger partial charge in [0.05, 0.1) is 0 Å². The molecule has 0 saturated carbocycles. The van der Waals surface area contributed by atoms with Crippen LogP contribution < -0.4 is 5.32 Å². The minimum absolute atomic E-state index is 0.320. The molecule has 0 aliphatic carbocycles. The lowest BCUT2D eigenvalue weighted by molar-refractivity contribution is -0.149. The van der Waals surface area contributed by atoms with Gasteiger partial charge < -0.3 is 10.1 Å². The number of hydrogen-bond donors (Lipinski definition) is 1. The van der Waals surface area contributed by atoms with Crippen LogP contribution in [0.15, 0.2) is 12.1 Å². The highest BCUT2D eigenvalue weighted by Crippen LogP contribution is 2.21. The van der Waals surface area contributed by atoms with Crippen LogP contribution in [-0.4, -0.2) is 46.8 Å². The van der Waals surface area contributed by atoms with Crippen LogP contribution in [0.3, 0.4) is 0 Å². The number of rotatable bonds is 6. The molecule has 2 rings (SSSR count). The van der Waals surface area contributed by atoms with Crippen molar-refractivity contribution in [2.24, 2.45) is 0 Å². The molecule has 0 radical (unpaired) electrons. The fourth-order valence-electron chi connectivity index (χ4n) is 2.99. The summed E-state index contributed by atoms with van der Waals surface area (Å²) in [5, 5.41) is 2.57. The number of ether oxygens (including phenoxy) is 1. The predicted molar refractivity (Wildman–Crippen MR) is 99.5 cm³/mol. The van der Waals surface area contributed by atoms with Crippen molar-refractivity contribution in [3.8, 4) is 0 Å². The molecule has 2 atom stereocenters. The van der Waals surface area contributed by atoms with Gasteiger partial charge in [0.1, 0.15) is 12.1 Å². The molecule has 1 aromatic rings. The van der Waals surface area contributed by atoms with E-state index >= 15 is 0 Å². The molecule has 2 unspecified atom stereocenters. The Morgan fingerprint density at radius 1 is 1.15 bits per heavy atom. The summed E-state index contributed by atoms with van der Waals surface area (Å²) in [6.45, 7) is 10.0. The van der Waals surface area contributed by atoms with Gasteiger partial charge in [0.2, 0.25) is 5.78 Å². The molecule has 1 aromatic carbocycles. The molecule has 27 heavy (non-hydrogen) atoms. The van der Waals surface area contributed by atoms with E-state index in [1.54, 1.807) is 19.9 Å². The van der Waals surface area contributed by atoms with Crippen molar-refractivity contribution in [2.45, 2.75) is 59.6 Å². The maximum atomic E-state index is 12.6. The minimum Gasteiger partial charge on any atom is -0.453 e. The zero-order chi connectivity index (χ0) is 20.5. The van der Waals surface area contributed by atoms with E-state index in [0.717, 1.165) is 21.6 Å². The number of nitrogens with zero attached hydrogens (tertiary/aromatic N) is 1. The summed E-state index contributed by atoms with van der Waals surface area (Å²) >= 11 is 0. The number of imide groups is 1. The Kier molecular flexibility index (Phi) is 5.73. The summed E-state index contributed by atoms with van der Waals surface area (Å²) in [4.78, 5) is 50.0. The Balaban J connectivity index is 2.06. The number of nitrogens with one attached hydrogen (secondary N) is 1. The van der Waals surface area contributed by atoms with Crippen LogP contribution in [0.5, 0.6) is 0 Å². The molecular formula is C20H26N2O5. The van der Waals surface area contributed by atoms with Crippen LogP contribution in [-0.2, 0) is 14.3 Å². The van der Waals surface area contributed by atoms with Gasteiger partial charge in [0.25, 0.3) is 5.91 Å². The van der Waals surface area contributed by atoms with Gasteiger partial charge in [-0.2, -0.15) is 0 Å². The molecule has 146 valence electrons. The third kappa shape index (κ3) is 4.02. The number of hydrogen-bond acceptors (Lipinski definition) is 5. The van der Waals surface area contributed by atoms with E-state index in [-0.39, 0.29) is 5.78 Å². The second-order valence-electron chi connectivity index (χ2n) is 7.25. The summed E-state index contributed by atoms with van der Waals surface area (Å²) < 4.78 is 5.19. The number of ketones is 1. The molecule has 0 bridgehead atoms. The molecule has 3 amide bonds. The van der Waals surface area contributed by atoms with Gasteiger partial charge in [-0.3, -0.25) is 19.3 Å². The first-order chi connectivity index (χ1) is 12.5. The SMILES string of the molecule is CCC1(C)NC(=O)N(CC(=O)OC(C)C(=O)c2cc(C)c(C)cc2C)C1=O. The molecule has 0 spiro atoms. The number of benzene rings is 1. The summed E-state index contributed by atoms with van der Waals surface area (Å²) in [6.07, 6.45) is -0.610. The second kappa shape index (κ2) is 7.50. The van der Waals surface area contributed by atoms with E-state index < -0.39 is 36.1 Å². The first-order valence-electron chi connectivity index (χ1n) is 8.95. The van der Waals surface area contributed by atoms with Crippen molar-refractivity contribution in [3.05, 3.63) is 34.4 Å². The van der Waals surface area contributed by atoms with Gasteiger partial charge in [-0.05, 0) is 63.8 Å². The highest BCUT2D eigenvalue weighted by atomic mass is 16.5. The first-order valence-corrected chi connectivity index (χ1v) is 8.95. The van der Waals surface area contributed by atoms with E-state index in [0.29, 0.717) is 12.0 Å². The van der Waals surface area contributed by atoms with Gasteiger partial charge in [-0.15, -0.1) is 0 Å². The molecule has 1 N–H and O–H groups in total. The van der Waals surface area contributed by atoms with Crippen LogP contribution in [0.2, 0.25) is 0 Å². The van der Waals surface area contributed by atoms with Crippen LogP contribution in [0.1, 0.15) is 54.2 Å². The highest BCUT2D eigenvalue weighted by molar-refractivity contribution is 6.08. The molecule has 1 fully saturated rings. The molecule has 1 aliphatic heterocycles. The van der Waals surface area contributed by atoms with E-state index in [4.69, 9.17) is 4.74 Å². The predicted octanol–water partition coefficient (Wildman–Crippen LogP) is 2.45. The third-order valence-electron chi connectivity index (χ3n) is 5.12. The average molecular weight is 374 g/mol. The van der Waals surface area contributed by atoms with E-state index in [9.17, 15) is 19.2 Å². The van der Waals surface area contributed by atoms with Gasteiger partial charge in [-0.1, -0.05) is 13.0 Å². The van der Waals surface area contributed by atoms with E-state index in [1.165, 1.54) is 6.92 Å². The van der Waals surface area contributed by atoms with Gasteiger partial charge in [0.15, 0.2) is 6.10 Å². The average Bonchev–Trinajstić information content (AvgIpc) is 2.81. The van der Waals surface area contributed by atoms with Crippen molar-refractivity contribution in [2.75, 3.05) is 6.54 Å². The van der Waals surface area contributed by atoms with Crippen LogP contribution in [0, 0.1) is 20.8 Å². The maximum absolute atomic E-state index is 12.6. The number of carbonyl (C=O) groups excluding carboxylic acids is 4. The Morgan fingerprint density at radius 2 is 1.74 bits per heavy atom. The minimum atomic E-state index is -1.02. The second-order valence-corrected chi connectivity index (χ2v) is 7.25. The van der Waals surface area contributed by atoms with Crippen LogP contribution >= 0.6 is 0 Å². The smallest absolute Gasteiger partial charge is 0.326 e. The molecule has 7 nitrogen and oxygen atoms in total. The van der Waals surface area contributed by atoms with Gasteiger partial charge in [0, 0.05) is 5.56 Å². The number of aryl methyl sites for hydroxylation is 3. The molecule has 1 heterocycles. The van der Waals surface area contributed by atoms with Gasteiger partial charge in [-0.25, -0.2) is 4.79 Å². The van der Waals surface area contributed by atoms with Crippen molar-refractivity contribution < 1.29 is 23.9 Å². The summed E-state index contributed by atoms with van der Waals surface area (Å²) in [5.74, 6) is -1.60. The van der Waals surface area contributed by atoms with E-state index in [2.05, 4.69) is 5.32 Å². The van der Waals surface area contributed by atoms with Crippen molar-refractivity contribution in [1.29, 1.82) is 0 Å². The zero-order valence-corrected chi connectivity index (χ0v) is 16.6. The lowest BCUT2D eigenvalue weighted by Gasteiger charge is -2.19. The third-order valence-corrected chi connectivity index (χ3v) is 5.12. The Bertz CT molecular complexity index is 817. The standard InChI is InChI=1S/C20H26N2O5/c1-7-20(6)18(25)22(19(26)21-20)10-16(23)27-14(5)17(24)15-9-12(3)11(2)8-13(15)4/h8-9,14H,7,10H2,1-6H3,(H,21,26). The monoisotopic (exact) mass is 374 g/mol. The lowest BCUT2D eigenvalue weighted by Crippen LogP contribution is -2.43. The molecule has 7 heteroatoms. The molecule has 0 aromatic heterocycles. The fraction of sp³-hybridized carbons (Fsp3) is 0.500. The number of esters is 1. The van der Waals surface area contributed by atoms with Crippen molar-refractivity contribution >= 4 is 23.7 Å². The van der Waals surface area contributed by atoms with Crippen LogP contribution in [0.25, 0.3) is 0 Å². The van der Waals surface area contributed by atoms with Crippen LogP contribution in [0.4, 0.5) is 4.79 Å². The Morgan fingerprint density at radius 3 is 2.30 bits per heavy atom. The number of carbonyl (C=O) groups is 4. The quantitative estimate of drug-likeness (QED) is 0.469.